The molecule has 2 heteroatoms. The minimum Gasteiger partial charge on any atom is -0.506 e. The molecule has 0 saturated carbocycles. The minimum absolute atomic E-state index is 0.144. The van der Waals surface area contributed by atoms with E-state index < -0.39 is 0 Å². The minimum atomic E-state index is 0.144. The van der Waals surface area contributed by atoms with Crippen molar-refractivity contribution in [3.8, 4) is 5.75 Å². The van der Waals surface area contributed by atoms with Gasteiger partial charge in [0.15, 0.2) is 0 Å². The van der Waals surface area contributed by atoms with Crippen LogP contribution in [-0.4, -0.2) is 5.11 Å². The molecule has 0 unspecified atom stereocenters. The van der Waals surface area contributed by atoms with E-state index >= 15 is 0 Å². The summed E-state index contributed by atoms with van der Waals surface area (Å²) < 4.78 is 0. The van der Waals surface area contributed by atoms with Gasteiger partial charge in [-0.05, 0) is 36.1 Å². The molecule has 0 atom stereocenters. The highest BCUT2D eigenvalue weighted by molar-refractivity contribution is 6.32. The van der Waals surface area contributed by atoms with Crippen LogP contribution in [0.2, 0.25) is 5.02 Å². The second kappa shape index (κ2) is 5.04. The van der Waals surface area contributed by atoms with Gasteiger partial charge < -0.3 is 5.11 Å². The monoisotopic (exact) mass is 232 g/mol. The molecule has 2 aromatic rings. The van der Waals surface area contributed by atoms with E-state index in [1.54, 1.807) is 6.07 Å². The molecule has 0 spiro atoms. The fourth-order valence-corrected chi connectivity index (χ4v) is 1.84. The molecule has 0 radical (unpaired) electrons. The Kier molecular flexibility index (Phi) is 3.47. The van der Waals surface area contributed by atoms with Gasteiger partial charge in [0.1, 0.15) is 5.75 Å². The number of phenolic OH excluding ortho intramolecular Hbond substituents is 1. The van der Waals surface area contributed by atoms with Crippen LogP contribution in [0, 0.1) is 0 Å². The van der Waals surface area contributed by atoms with E-state index in [1.165, 1.54) is 5.56 Å². The third-order valence-corrected chi connectivity index (χ3v) is 2.86. The molecule has 0 aromatic heterocycles. The van der Waals surface area contributed by atoms with Crippen LogP contribution in [0.1, 0.15) is 11.1 Å². The van der Waals surface area contributed by atoms with Crippen LogP contribution in [0.4, 0.5) is 0 Å². The molecule has 0 bridgehead atoms. The molecule has 2 rings (SSSR count). The number of hydrogen-bond donors (Lipinski definition) is 1. The van der Waals surface area contributed by atoms with Gasteiger partial charge >= 0.3 is 0 Å². The van der Waals surface area contributed by atoms with Gasteiger partial charge in [0, 0.05) is 0 Å². The molecule has 82 valence electrons. The lowest BCUT2D eigenvalue weighted by atomic mass is 10.0. The van der Waals surface area contributed by atoms with E-state index in [-0.39, 0.29) is 5.75 Å². The van der Waals surface area contributed by atoms with Crippen LogP contribution in [0.15, 0.2) is 48.5 Å². The lowest BCUT2D eigenvalue weighted by molar-refractivity contribution is 0.475. The zero-order valence-corrected chi connectivity index (χ0v) is 9.61. The molecule has 0 fully saturated rings. The summed E-state index contributed by atoms with van der Waals surface area (Å²) in [5, 5.41) is 9.72. The fraction of sp³-hybridized carbons (Fsp3) is 0.143. The second-order valence-corrected chi connectivity index (χ2v) is 4.18. The number of aryl methyl sites for hydroxylation is 2. The highest BCUT2D eigenvalue weighted by atomic mass is 35.5. The molecule has 0 aliphatic rings. The third-order valence-electron chi connectivity index (χ3n) is 2.56. The Morgan fingerprint density at radius 3 is 2.25 bits per heavy atom. The number of aromatic hydroxyl groups is 1. The van der Waals surface area contributed by atoms with Crippen molar-refractivity contribution in [2.75, 3.05) is 0 Å². The average Bonchev–Trinajstić information content (AvgIpc) is 2.32. The molecule has 0 amide bonds. The Labute approximate surface area is 100 Å². The predicted molar refractivity (Wildman–Crippen MR) is 67.0 cm³/mol. The third kappa shape index (κ3) is 2.77. The van der Waals surface area contributed by atoms with Gasteiger partial charge in [0.05, 0.1) is 5.02 Å². The van der Waals surface area contributed by atoms with Crippen molar-refractivity contribution >= 4 is 11.6 Å². The van der Waals surface area contributed by atoms with Crippen LogP contribution in [0.5, 0.6) is 5.75 Å². The van der Waals surface area contributed by atoms with Crippen molar-refractivity contribution in [2.24, 2.45) is 0 Å². The van der Waals surface area contributed by atoms with Crippen molar-refractivity contribution in [1.82, 2.24) is 0 Å². The quantitative estimate of drug-likeness (QED) is 0.853. The van der Waals surface area contributed by atoms with Crippen LogP contribution in [0.3, 0.4) is 0 Å². The normalized spacial score (nSPS) is 10.3. The van der Waals surface area contributed by atoms with Crippen LogP contribution < -0.4 is 0 Å². The van der Waals surface area contributed by atoms with E-state index in [1.807, 2.05) is 30.3 Å². The van der Waals surface area contributed by atoms with E-state index in [4.69, 9.17) is 11.6 Å². The summed E-state index contributed by atoms with van der Waals surface area (Å²) in [6.07, 6.45) is 1.92. The fourth-order valence-electron chi connectivity index (χ4n) is 1.64. The van der Waals surface area contributed by atoms with Crippen LogP contribution >= 0.6 is 11.6 Å². The first-order valence-electron chi connectivity index (χ1n) is 5.27. The molecule has 16 heavy (non-hydrogen) atoms. The summed E-state index contributed by atoms with van der Waals surface area (Å²) in [5.74, 6) is 0.144. The number of halogens is 1. The van der Waals surface area contributed by atoms with Crippen molar-refractivity contribution in [2.45, 2.75) is 12.8 Å². The molecule has 1 N–H and O–H groups in total. The van der Waals surface area contributed by atoms with Gasteiger partial charge in [-0.25, -0.2) is 0 Å². The Balaban J connectivity index is 2.03. The molecule has 2 aromatic carbocycles. The Bertz CT molecular complexity index is 465. The topological polar surface area (TPSA) is 20.2 Å². The molecule has 1 nitrogen and oxygen atoms in total. The van der Waals surface area contributed by atoms with Crippen molar-refractivity contribution in [3.63, 3.8) is 0 Å². The Hall–Kier alpha value is -1.47. The molecular formula is C14H13ClO. The maximum Gasteiger partial charge on any atom is 0.134 e. The zero-order chi connectivity index (χ0) is 11.4. The zero-order valence-electron chi connectivity index (χ0n) is 8.86. The average molecular weight is 233 g/mol. The summed E-state index contributed by atoms with van der Waals surface area (Å²) in [6, 6.07) is 15.7. The highest BCUT2D eigenvalue weighted by Gasteiger charge is 2.00. The van der Waals surface area contributed by atoms with Gasteiger partial charge in [-0.2, -0.15) is 0 Å². The van der Waals surface area contributed by atoms with Crippen molar-refractivity contribution < 1.29 is 5.11 Å². The Morgan fingerprint density at radius 2 is 1.56 bits per heavy atom. The standard InChI is InChI=1S/C14H13ClO/c15-13-10-12(8-9-14(13)16)7-6-11-4-2-1-3-5-11/h1-5,8-10,16H,6-7H2. The summed E-state index contributed by atoms with van der Waals surface area (Å²) in [5.41, 5.74) is 2.46. The molecular weight excluding hydrogens is 220 g/mol. The molecule has 0 saturated heterocycles. The second-order valence-electron chi connectivity index (χ2n) is 3.77. The van der Waals surface area contributed by atoms with E-state index in [2.05, 4.69) is 12.1 Å². The van der Waals surface area contributed by atoms with Gasteiger partial charge in [-0.15, -0.1) is 0 Å². The first-order valence-corrected chi connectivity index (χ1v) is 5.65. The lowest BCUT2D eigenvalue weighted by Gasteiger charge is -2.03. The van der Waals surface area contributed by atoms with Gasteiger partial charge in [-0.1, -0.05) is 48.0 Å². The van der Waals surface area contributed by atoms with Crippen LogP contribution in [-0.2, 0) is 12.8 Å². The largest absolute Gasteiger partial charge is 0.506 e. The van der Waals surface area contributed by atoms with Gasteiger partial charge in [0.2, 0.25) is 0 Å². The van der Waals surface area contributed by atoms with Crippen molar-refractivity contribution in [1.29, 1.82) is 0 Å². The number of hydrogen-bond acceptors (Lipinski definition) is 1. The predicted octanol–water partition coefficient (Wildman–Crippen LogP) is 3.83. The van der Waals surface area contributed by atoms with Gasteiger partial charge in [0.25, 0.3) is 0 Å². The number of phenols is 1. The highest BCUT2D eigenvalue weighted by Crippen LogP contribution is 2.24. The van der Waals surface area contributed by atoms with Crippen LogP contribution in [0.25, 0.3) is 0 Å². The molecule has 0 aliphatic heterocycles. The first kappa shape index (κ1) is 11.0. The summed E-state index contributed by atoms with van der Waals surface area (Å²) in [4.78, 5) is 0. The number of benzene rings is 2. The summed E-state index contributed by atoms with van der Waals surface area (Å²) >= 11 is 5.85. The van der Waals surface area contributed by atoms with Crippen molar-refractivity contribution in [3.05, 3.63) is 64.7 Å². The van der Waals surface area contributed by atoms with E-state index in [0.29, 0.717) is 5.02 Å². The first-order chi connectivity index (χ1) is 7.75. The van der Waals surface area contributed by atoms with E-state index in [0.717, 1.165) is 18.4 Å². The lowest BCUT2D eigenvalue weighted by Crippen LogP contribution is -1.90. The smallest absolute Gasteiger partial charge is 0.134 e. The maximum atomic E-state index is 9.30. The molecule has 0 aliphatic carbocycles. The summed E-state index contributed by atoms with van der Waals surface area (Å²) in [6.45, 7) is 0. The number of rotatable bonds is 3. The Morgan fingerprint density at radius 1 is 0.875 bits per heavy atom. The van der Waals surface area contributed by atoms with E-state index in [9.17, 15) is 5.11 Å². The molecule has 0 heterocycles. The summed E-state index contributed by atoms with van der Waals surface area (Å²) in [7, 11) is 0. The van der Waals surface area contributed by atoms with Gasteiger partial charge in [-0.3, -0.25) is 0 Å². The maximum absolute atomic E-state index is 9.30. The SMILES string of the molecule is Oc1ccc(CCc2ccccc2)cc1Cl.